The van der Waals surface area contributed by atoms with Gasteiger partial charge in [-0.1, -0.05) is 35.9 Å². The second-order valence-corrected chi connectivity index (χ2v) is 11.4. The van der Waals surface area contributed by atoms with Crippen LogP contribution < -0.4 is 19.7 Å². The van der Waals surface area contributed by atoms with Gasteiger partial charge in [0.05, 0.1) is 37.0 Å². The number of aryl methyl sites for hydroxylation is 1. The Kier molecular flexibility index (Phi) is 8.94. The lowest BCUT2D eigenvalue weighted by molar-refractivity contribution is 0.0953. The van der Waals surface area contributed by atoms with Crippen LogP contribution in [0.1, 0.15) is 15.9 Å². The normalized spacial score (nSPS) is 11.3. The molecule has 8 nitrogen and oxygen atoms in total. The SMILES string of the molecule is C=CCn1c(-c2ccc(C)cc2)csc1=NNC(=O)c1ccc(-n2nc(-c3ccc(OC)cc3)cc2-c2ccc(OC)cc2)cc1. The summed E-state index contributed by atoms with van der Waals surface area (Å²) in [6, 6.07) is 33.3. The Morgan fingerprint density at radius 1 is 0.848 bits per heavy atom. The summed E-state index contributed by atoms with van der Waals surface area (Å²) in [6.07, 6.45) is 1.82. The van der Waals surface area contributed by atoms with Crippen LogP contribution >= 0.6 is 11.3 Å². The monoisotopic (exact) mass is 627 g/mol. The van der Waals surface area contributed by atoms with Gasteiger partial charge in [-0.3, -0.25) is 4.79 Å². The van der Waals surface area contributed by atoms with Crippen LogP contribution in [0.5, 0.6) is 11.5 Å². The molecule has 2 aromatic heterocycles. The van der Waals surface area contributed by atoms with Crippen LogP contribution in [0.15, 0.2) is 126 Å². The van der Waals surface area contributed by atoms with Gasteiger partial charge in [-0.25, -0.2) is 10.1 Å². The Morgan fingerprint density at radius 2 is 1.43 bits per heavy atom. The Labute approximate surface area is 271 Å². The lowest BCUT2D eigenvalue weighted by Crippen LogP contribution is -2.24. The first-order chi connectivity index (χ1) is 22.5. The number of nitrogens with zero attached hydrogens (tertiary/aromatic N) is 4. The summed E-state index contributed by atoms with van der Waals surface area (Å²) in [6.45, 7) is 6.52. The lowest BCUT2D eigenvalue weighted by Gasteiger charge is -2.09. The van der Waals surface area contributed by atoms with E-state index in [-0.39, 0.29) is 5.91 Å². The van der Waals surface area contributed by atoms with Gasteiger partial charge < -0.3 is 14.0 Å². The number of carbonyl (C=O) groups excluding carboxylic acids is 1. The zero-order chi connectivity index (χ0) is 32.0. The molecule has 0 aliphatic carbocycles. The fourth-order valence-electron chi connectivity index (χ4n) is 5.04. The van der Waals surface area contributed by atoms with E-state index in [4.69, 9.17) is 14.6 Å². The van der Waals surface area contributed by atoms with E-state index in [2.05, 4.69) is 48.3 Å². The Morgan fingerprint density at radius 3 is 2.04 bits per heavy atom. The van der Waals surface area contributed by atoms with Crippen LogP contribution in [-0.4, -0.2) is 34.5 Å². The standard InChI is InChI=1S/C37H33N5O3S/c1-5-22-41-35(28-8-6-25(2)7-9-28)24-46-37(41)39-38-36(43)29-10-16-30(17-11-29)42-34(27-14-20-32(45-4)21-15-27)23-33(40-42)26-12-18-31(44-3)19-13-26/h5-21,23-24H,1,22H2,2-4H3,(H,38,43). The molecule has 1 N–H and O–H groups in total. The molecule has 230 valence electrons. The lowest BCUT2D eigenvalue weighted by atomic mass is 10.1. The molecule has 0 saturated heterocycles. The van der Waals surface area contributed by atoms with Crippen LogP contribution in [0.25, 0.3) is 39.5 Å². The summed E-state index contributed by atoms with van der Waals surface area (Å²) in [4.78, 5) is 13.8. The third kappa shape index (κ3) is 6.40. The largest absolute Gasteiger partial charge is 0.497 e. The first-order valence-electron chi connectivity index (χ1n) is 14.7. The van der Waals surface area contributed by atoms with Crippen molar-refractivity contribution < 1.29 is 14.3 Å². The van der Waals surface area contributed by atoms with E-state index in [1.807, 2.05) is 87.4 Å². The molecule has 0 bridgehead atoms. The van der Waals surface area contributed by atoms with E-state index < -0.39 is 0 Å². The molecule has 0 aliphatic heterocycles. The molecule has 6 rings (SSSR count). The van der Waals surface area contributed by atoms with E-state index in [0.29, 0.717) is 16.9 Å². The number of carbonyl (C=O) groups is 1. The van der Waals surface area contributed by atoms with Crippen molar-refractivity contribution in [3.63, 3.8) is 0 Å². The van der Waals surface area contributed by atoms with Crippen molar-refractivity contribution in [2.45, 2.75) is 13.5 Å². The summed E-state index contributed by atoms with van der Waals surface area (Å²) < 4.78 is 14.6. The molecular weight excluding hydrogens is 595 g/mol. The van der Waals surface area contributed by atoms with E-state index >= 15 is 0 Å². The topological polar surface area (TPSA) is 82.7 Å². The van der Waals surface area contributed by atoms with Gasteiger partial charge >= 0.3 is 0 Å². The van der Waals surface area contributed by atoms with Crippen LogP contribution in [0.4, 0.5) is 0 Å². The van der Waals surface area contributed by atoms with Crippen molar-refractivity contribution in [2.24, 2.45) is 5.10 Å². The predicted molar refractivity (Wildman–Crippen MR) is 183 cm³/mol. The number of benzene rings is 4. The summed E-state index contributed by atoms with van der Waals surface area (Å²) >= 11 is 1.46. The van der Waals surface area contributed by atoms with Crippen molar-refractivity contribution in [3.8, 4) is 51.0 Å². The summed E-state index contributed by atoms with van der Waals surface area (Å²) in [5.41, 5.74) is 10.9. The summed E-state index contributed by atoms with van der Waals surface area (Å²) in [5.74, 6) is 1.24. The number of thiazole rings is 1. The minimum Gasteiger partial charge on any atom is -0.497 e. The third-order valence-corrected chi connectivity index (χ3v) is 8.43. The number of ether oxygens (including phenoxy) is 2. The average molecular weight is 628 g/mol. The van der Waals surface area contributed by atoms with Crippen LogP contribution in [-0.2, 0) is 6.54 Å². The van der Waals surface area contributed by atoms with Gasteiger partial charge in [0.2, 0.25) is 4.80 Å². The number of allylic oxidation sites excluding steroid dienone is 1. The van der Waals surface area contributed by atoms with Crippen molar-refractivity contribution in [1.82, 2.24) is 19.8 Å². The molecule has 9 heteroatoms. The fourth-order valence-corrected chi connectivity index (χ4v) is 5.92. The van der Waals surface area contributed by atoms with Gasteiger partial charge in [0, 0.05) is 28.6 Å². The predicted octanol–water partition coefficient (Wildman–Crippen LogP) is 7.49. The van der Waals surface area contributed by atoms with Gasteiger partial charge in [0.25, 0.3) is 5.91 Å². The highest BCUT2D eigenvalue weighted by atomic mass is 32.1. The maximum absolute atomic E-state index is 13.2. The third-order valence-electron chi connectivity index (χ3n) is 7.56. The number of methoxy groups -OCH3 is 2. The van der Waals surface area contributed by atoms with E-state index in [1.54, 1.807) is 26.4 Å². The molecule has 2 heterocycles. The highest BCUT2D eigenvalue weighted by Gasteiger charge is 2.15. The zero-order valence-corrected chi connectivity index (χ0v) is 26.6. The Hall–Kier alpha value is -5.67. The first-order valence-corrected chi connectivity index (χ1v) is 15.5. The number of rotatable bonds is 10. The smallest absolute Gasteiger partial charge is 0.271 e. The number of aromatic nitrogens is 3. The van der Waals surface area contributed by atoms with Crippen LogP contribution in [0, 0.1) is 6.92 Å². The minimum absolute atomic E-state index is 0.309. The Balaban J connectivity index is 1.28. The van der Waals surface area contributed by atoms with E-state index in [1.165, 1.54) is 16.9 Å². The van der Waals surface area contributed by atoms with Crippen molar-refractivity contribution in [1.29, 1.82) is 0 Å². The van der Waals surface area contributed by atoms with Gasteiger partial charge in [0.15, 0.2) is 0 Å². The number of hydrogen-bond donors (Lipinski definition) is 1. The highest BCUT2D eigenvalue weighted by molar-refractivity contribution is 7.07. The maximum Gasteiger partial charge on any atom is 0.271 e. The molecule has 0 radical (unpaired) electrons. The quantitative estimate of drug-likeness (QED) is 0.126. The molecule has 0 saturated carbocycles. The van der Waals surface area contributed by atoms with E-state index in [9.17, 15) is 4.79 Å². The molecule has 4 aromatic carbocycles. The minimum atomic E-state index is -0.309. The van der Waals surface area contributed by atoms with E-state index in [0.717, 1.165) is 51.0 Å². The van der Waals surface area contributed by atoms with Gasteiger partial charge in [-0.15, -0.1) is 23.0 Å². The van der Waals surface area contributed by atoms with Gasteiger partial charge in [0.1, 0.15) is 11.5 Å². The summed E-state index contributed by atoms with van der Waals surface area (Å²) in [5, 5.41) is 11.5. The molecule has 0 atom stereocenters. The molecule has 0 fully saturated rings. The molecular formula is C37H33N5O3S. The molecule has 0 aliphatic rings. The second-order valence-electron chi connectivity index (χ2n) is 10.6. The molecule has 1 amide bonds. The summed E-state index contributed by atoms with van der Waals surface area (Å²) in [7, 11) is 3.29. The number of nitrogens with one attached hydrogen (secondary N) is 1. The van der Waals surface area contributed by atoms with Gasteiger partial charge in [-0.05, 0) is 91.3 Å². The van der Waals surface area contributed by atoms with Crippen molar-refractivity contribution in [2.75, 3.05) is 14.2 Å². The molecule has 0 spiro atoms. The second kappa shape index (κ2) is 13.5. The molecule has 6 aromatic rings. The van der Waals surface area contributed by atoms with Crippen molar-refractivity contribution >= 4 is 17.2 Å². The maximum atomic E-state index is 13.2. The molecule has 0 unspecified atom stereocenters. The zero-order valence-electron chi connectivity index (χ0n) is 25.8. The fraction of sp³-hybridized carbons (Fsp3) is 0.108. The van der Waals surface area contributed by atoms with Crippen molar-refractivity contribution in [3.05, 3.63) is 137 Å². The number of hydrogen-bond acceptors (Lipinski definition) is 6. The van der Waals surface area contributed by atoms with Crippen LogP contribution in [0.2, 0.25) is 0 Å². The Bertz CT molecular complexity index is 2040. The number of amides is 1. The van der Waals surface area contributed by atoms with Crippen LogP contribution in [0.3, 0.4) is 0 Å². The average Bonchev–Trinajstić information content (AvgIpc) is 3.73. The van der Waals surface area contributed by atoms with Gasteiger partial charge in [-0.2, -0.15) is 5.10 Å². The highest BCUT2D eigenvalue weighted by Crippen LogP contribution is 2.31. The molecule has 46 heavy (non-hydrogen) atoms. The first kappa shape index (κ1) is 30.4.